The van der Waals surface area contributed by atoms with Gasteiger partial charge in [-0.15, -0.1) is 0 Å². The van der Waals surface area contributed by atoms with E-state index < -0.39 is 53.1 Å². The molecule has 1 fully saturated rings. The van der Waals surface area contributed by atoms with Crippen molar-refractivity contribution >= 4 is 34.7 Å². The van der Waals surface area contributed by atoms with E-state index in [0.29, 0.717) is 5.56 Å². The molecule has 0 radical (unpaired) electrons. The summed E-state index contributed by atoms with van der Waals surface area (Å²) in [7, 11) is 0. The van der Waals surface area contributed by atoms with Crippen molar-refractivity contribution in [1.29, 1.82) is 0 Å². The number of amides is 2. The Balaban J connectivity index is 1.47. The topological polar surface area (TPSA) is 71.1 Å². The molecule has 7 nitrogen and oxygen atoms in total. The van der Waals surface area contributed by atoms with Crippen molar-refractivity contribution in [2.45, 2.75) is 6.18 Å². The van der Waals surface area contributed by atoms with Gasteiger partial charge in [0.25, 0.3) is 5.91 Å². The Labute approximate surface area is 204 Å². The average molecular weight is 525 g/mol. The summed E-state index contributed by atoms with van der Waals surface area (Å²) in [6.07, 6.45) is -0.944. The molecular formula is C23H14ClF5N4O3. The molecule has 0 atom stereocenters. The van der Waals surface area contributed by atoms with Crippen LogP contribution in [0.2, 0.25) is 5.15 Å². The first-order valence-corrected chi connectivity index (χ1v) is 10.8. The first kappa shape index (κ1) is 23.8. The fourth-order valence-electron chi connectivity index (χ4n) is 3.97. The highest BCUT2D eigenvalue weighted by Crippen LogP contribution is 2.37. The Hall–Kier alpha value is -3.93. The third kappa shape index (κ3) is 4.06. The Bertz CT molecular complexity index is 1500. The molecule has 0 saturated carbocycles. The number of halogens is 6. The number of alkyl halides is 3. The molecule has 1 aliphatic heterocycles. The van der Waals surface area contributed by atoms with Gasteiger partial charge in [-0.3, -0.25) is 14.0 Å². The minimum Gasteiger partial charge on any atom is -0.472 e. The summed E-state index contributed by atoms with van der Waals surface area (Å²) in [5.74, 6) is -3.65. The molecule has 5 rings (SSSR count). The molecule has 186 valence electrons. The van der Waals surface area contributed by atoms with E-state index in [4.69, 9.17) is 16.0 Å². The second-order valence-corrected chi connectivity index (χ2v) is 8.33. The van der Waals surface area contributed by atoms with Crippen molar-refractivity contribution in [1.82, 2.24) is 14.3 Å². The maximum absolute atomic E-state index is 13.8. The number of nitrogens with zero attached hydrogens (tertiary/aromatic N) is 4. The van der Waals surface area contributed by atoms with Crippen molar-refractivity contribution in [2.24, 2.45) is 0 Å². The monoisotopic (exact) mass is 524 g/mol. The molecule has 1 aromatic carbocycles. The SMILES string of the molecule is O=C(c1nc2c(C(F)(F)F)cc(-c3ccoc3)cn2c1Cl)N1CCN(c2ccc(F)c(F)c2)C(=O)C1. The number of carbonyl (C=O) groups excluding carboxylic acids is 2. The number of benzene rings is 1. The van der Waals surface area contributed by atoms with Crippen LogP contribution >= 0.6 is 11.6 Å². The number of hydrogen-bond donors (Lipinski definition) is 0. The molecule has 1 aliphatic rings. The second-order valence-electron chi connectivity index (χ2n) is 7.97. The van der Waals surface area contributed by atoms with Crippen LogP contribution in [0.3, 0.4) is 0 Å². The summed E-state index contributed by atoms with van der Waals surface area (Å²) in [5, 5.41) is -0.360. The van der Waals surface area contributed by atoms with Gasteiger partial charge < -0.3 is 14.2 Å². The fourth-order valence-corrected chi connectivity index (χ4v) is 4.22. The van der Waals surface area contributed by atoms with E-state index in [1.54, 1.807) is 0 Å². The number of furan rings is 1. The Morgan fingerprint density at radius 2 is 1.83 bits per heavy atom. The van der Waals surface area contributed by atoms with E-state index in [9.17, 15) is 31.5 Å². The first-order valence-electron chi connectivity index (χ1n) is 10.4. The van der Waals surface area contributed by atoms with Gasteiger partial charge in [0.2, 0.25) is 5.91 Å². The van der Waals surface area contributed by atoms with E-state index >= 15 is 0 Å². The maximum Gasteiger partial charge on any atom is 0.420 e. The Morgan fingerprint density at radius 1 is 1.06 bits per heavy atom. The van der Waals surface area contributed by atoms with Gasteiger partial charge in [0, 0.05) is 42.2 Å². The van der Waals surface area contributed by atoms with Crippen molar-refractivity contribution in [2.75, 3.05) is 24.5 Å². The number of anilines is 1. The number of hydrogen-bond acceptors (Lipinski definition) is 4. The van der Waals surface area contributed by atoms with E-state index in [2.05, 4.69) is 4.98 Å². The molecule has 1 saturated heterocycles. The van der Waals surface area contributed by atoms with Crippen molar-refractivity contribution in [3.8, 4) is 11.1 Å². The highest BCUT2D eigenvalue weighted by atomic mass is 35.5. The third-order valence-electron chi connectivity index (χ3n) is 5.75. The molecule has 0 unspecified atom stereocenters. The molecule has 4 aromatic rings. The molecule has 0 aliphatic carbocycles. The zero-order valence-corrected chi connectivity index (χ0v) is 18.8. The number of rotatable bonds is 3. The van der Waals surface area contributed by atoms with Gasteiger partial charge >= 0.3 is 6.18 Å². The molecule has 0 N–H and O–H groups in total. The molecular weight excluding hydrogens is 511 g/mol. The number of carbonyl (C=O) groups is 2. The van der Waals surface area contributed by atoms with Crippen LogP contribution in [0.25, 0.3) is 16.8 Å². The van der Waals surface area contributed by atoms with Crippen LogP contribution in [0.1, 0.15) is 16.1 Å². The molecule has 0 spiro atoms. The molecule has 36 heavy (non-hydrogen) atoms. The van der Waals surface area contributed by atoms with Crippen LogP contribution in [-0.4, -0.2) is 45.7 Å². The lowest BCUT2D eigenvalue weighted by Gasteiger charge is -2.34. The number of aromatic nitrogens is 2. The lowest BCUT2D eigenvalue weighted by molar-refractivity contribution is -0.136. The summed E-state index contributed by atoms with van der Waals surface area (Å²) in [5.41, 5.74) is -1.54. The molecule has 3 aromatic heterocycles. The molecule has 2 amide bonds. The zero-order valence-electron chi connectivity index (χ0n) is 18.0. The quantitative estimate of drug-likeness (QED) is 0.352. The summed E-state index contributed by atoms with van der Waals surface area (Å²) >= 11 is 6.31. The predicted molar refractivity (Wildman–Crippen MR) is 118 cm³/mol. The van der Waals surface area contributed by atoms with Crippen molar-refractivity contribution in [3.63, 3.8) is 0 Å². The third-order valence-corrected chi connectivity index (χ3v) is 6.11. The maximum atomic E-state index is 13.8. The number of imidazole rings is 1. The molecule has 0 bridgehead atoms. The first-order chi connectivity index (χ1) is 17.0. The van der Waals surface area contributed by atoms with Crippen LogP contribution in [0.5, 0.6) is 0 Å². The van der Waals surface area contributed by atoms with Crippen LogP contribution in [0, 0.1) is 11.6 Å². The molecule has 13 heteroatoms. The predicted octanol–water partition coefficient (Wildman–Crippen LogP) is 5.03. The highest BCUT2D eigenvalue weighted by molar-refractivity contribution is 6.33. The van der Waals surface area contributed by atoms with E-state index in [0.717, 1.165) is 27.5 Å². The van der Waals surface area contributed by atoms with Crippen LogP contribution < -0.4 is 4.90 Å². The van der Waals surface area contributed by atoms with E-state index in [-0.39, 0.29) is 29.5 Å². The zero-order chi connectivity index (χ0) is 25.8. The smallest absolute Gasteiger partial charge is 0.420 e. The van der Waals surface area contributed by atoms with E-state index in [1.165, 1.54) is 35.8 Å². The van der Waals surface area contributed by atoms with Gasteiger partial charge in [0.15, 0.2) is 23.0 Å². The lowest BCUT2D eigenvalue weighted by Crippen LogP contribution is -2.52. The number of fused-ring (bicyclic) bond motifs is 1. The number of pyridine rings is 1. The highest BCUT2D eigenvalue weighted by Gasteiger charge is 2.37. The minimum absolute atomic E-state index is 0.0415. The fraction of sp³-hybridized carbons (Fsp3) is 0.174. The van der Waals surface area contributed by atoms with Gasteiger partial charge in [-0.1, -0.05) is 11.6 Å². The van der Waals surface area contributed by atoms with Gasteiger partial charge in [-0.05, 0) is 24.3 Å². The van der Waals surface area contributed by atoms with Gasteiger partial charge in [0.05, 0.1) is 18.1 Å². The van der Waals surface area contributed by atoms with Crippen LogP contribution in [0.4, 0.5) is 27.6 Å². The summed E-state index contributed by atoms with van der Waals surface area (Å²) in [6.45, 7) is -0.562. The Morgan fingerprint density at radius 3 is 2.47 bits per heavy atom. The second kappa shape index (κ2) is 8.63. The van der Waals surface area contributed by atoms with Crippen molar-refractivity contribution < 1.29 is 36.0 Å². The summed E-state index contributed by atoms with van der Waals surface area (Å²) in [6, 6.07) is 5.31. The average Bonchev–Trinajstić information content (AvgIpc) is 3.48. The van der Waals surface area contributed by atoms with Crippen LogP contribution in [-0.2, 0) is 11.0 Å². The number of piperazine rings is 1. The van der Waals surface area contributed by atoms with Gasteiger partial charge in [0.1, 0.15) is 11.7 Å². The van der Waals surface area contributed by atoms with E-state index in [1.807, 2.05) is 0 Å². The normalized spacial score (nSPS) is 14.7. The Kier molecular flexibility index (Phi) is 5.70. The van der Waals surface area contributed by atoms with Gasteiger partial charge in [-0.2, -0.15) is 13.2 Å². The summed E-state index contributed by atoms with van der Waals surface area (Å²) in [4.78, 5) is 31.9. The van der Waals surface area contributed by atoms with Gasteiger partial charge in [-0.25, -0.2) is 13.8 Å². The molecule has 4 heterocycles. The van der Waals surface area contributed by atoms with Crippen molar-refractivity contribution in [3.05, 3.63) is 77.1 Å². The summed E-state index contributed by atoms with van der Waals surface area (Å²) < 4.78 is 74.2. The largest absolute Gasteiger partial charge is 0.472 e. The minimum atomic E-state index is -4.80. The standard InChI is InChI=1S/C23H14ClF5N4O3/c24-20-19(22(35)31-4-5-32(18(34)10-31)14-1-2-16(25)17(26)8-14)30-21-15(23(27,28)29)7-13(9-33(20)21)12-3-6-36-11-12/h1-3,6-9,11H,4-5,10H2. The lowest BCUT2D eigenvalue weighted by atomic mass is 10.1. The van der Waals surface area contributed by atoms with Crippen LogP contribution in [0.15, 0.2) is 53.5 Å².